The van der Waals surface area contributed by atoms with Crippen molar-refractivity contribution in [1.29, 1.82) is 5.26 Å². The van der Waals surface area contributed by atoms with E-state index < -0.39 is 6.09 Å². The molecule has 4 heteroatoms. The molecule has 0 aromatic carbocycles. The number of amides is 1. The van der Waals surface area contributed by atoms with Gasteiger partial charge in [0, 0.05) is 5.54 Å². The first-order valence-corrected chi connectivity index (χ1v) is 4.21. The molecule has 0 aliphatic rings. The molecule has 0 rings (SSSR count). The minimum atomic E-state index is -0.477. The molecule has 0 fully saturated rings. The Balaban J connectivity index is 3.83. The zero-order valence-corrected chi connectivity index (χ0v) is 8.55. The van der Waals surface area contributed by atoms with Crippen LogP contribution in [0.3, 0.4) is 0 Å². The molecule has 1 atom stereocenters. The maximum atomic E-state index is 11.1. The zero-order valence-electron chi connectivity index (χ0n) is 8.55. The van der Waals surface area contributed by atoms with Crippen LogP contribution in [0.4, 0.5) is 4.79 Å². The normalized spacial score (nSPS) is 12.8. The minimum Gasteiger partial charge on any atom is -0.445 e. The standard InChI is InChI=1S/C9H16N2O2/c1-7(5-6-10)13-8(12)11-9(2,3)4/h7H,5H2,1-4H3,(H,11,12)/t7-/m0/s1. The van der Waals surface area contributed by atoms with Crippen molar-refractivity contribution in [3.8, 4) is 6.07 Å². The first kappa shape index (κ1) is 11.8. The Labute approximate surface area is 78.9 Å². The van der Waals surface area contributed by atoms with Crippen LogP contribution < -0.4 is 5.32 Å². The van der Waals surface area contributed by atoms with Gasteiger partial charge in [0.25, 0.3) is 0 Å². The van der Waals surface area contributed by atoms with Gasteiger partial charge in [-0.1, -0.05) is 0 Å². The van der Waals surface area contributed by atoms with Gasteiger partial charge >= 0.3 is 6.09 Å². The van der Waals surface area contributed by atoms with Gasteiger partial charge in [-0.25, -0.2) is 4.79 Å². The molecule has 0 aromatic rings. The second-order valence-electron chi connectivity index (χ2n) is 3.95. The predicted molar refractivity (Wildman–Crippen MR) is 49.1 cm³/mol. The van der Waals surface area contributed by atoms with Crippen LogP contribution in [0.15, 0.2) is 0 Å². The highest BCUT2D eigenvalue weighted by atomic mass is 16.6. The lowest BCUT2D eigenvalue weighted by molar-refractivity contribution is 0.102. The summed E-state index contributed by atoms with van der Waals surface area (Å²) in [6.45, 7) is 7.28. The van der Waals surface area contributed by atoms with Gasteiger partial charge in [-0.3, -0.25) is 0 Å². The van der Waals surface area contributed by atoms with E-state index in [0.29, 0.717) is 0 Å². The van der Waals surface area contributed by atoms with Crippen molar-refractivity contribution in [3.63, 3.8) is 0 Å². The van der Waals surface area contributed by atoms with Crippen molar-refractivity contribution in [2.45, 2.75) is 45.8 Å². The predicted octanol–water partition coefficient (Wildman–Crippen LogP) is 1.81. The van der Waals surface area contributed by atoms with Gasteiger partial charge in [0.2, 0.25) is 0 Å². The molecule has 0 heterocycles. The molecule has 1 N–H and O–H groups in total. The van der Waals surface area contributed by atoms with Crippen molar-refractivity contribution in [2.24, 2.45) is 0 Å². The number of alkyl carbamates (subject to hydrolysis) is 1. The molecule has 0 unspecified atom stereocenters. The number of hydrogen-bond donors (Lipinski definition) is 1. The Morgan fingerprint density at radius 1 is 1.62 bits per heavy atom. The van der Waals surface area contributed by atoms with Crippen LogP contribution >= 0.6 is 0 Å². The van der Waals surface area contributed by atoms with E-state index >= 15 is 0 Å². The average Bonchev–Trinajstić information content (AvgIpc) is 1.81. The van der Waals surface area contributed by atoms with Gasteiger partial charge in [-0.05, 0) is 27.7 Å². The van der Waals surface area contributed by atoms with E-state index in [-0.39, 0.29) is 18.1 Å². The number of carbonyl (C=O) groups excluding carboxylic acids is 1. The van der Waals surface area contributed by atoms with Crippen molar-refractivity contribution in [1.82, 2.24) is 5.32 Å². The third-order valence-corrected chi connectivity index (χ3v) is 1.16. The maximum Gasteiger partial charge on any atom is 0.407 e. The number of rotatable bonds is 2. The number of ether oxygens (including phenoxy) is 1. The summed E-state index contributed by atoms with van der Waals surface area (Å²) in [5.74, 6) is 0. The molecule has 13 heavy (non-hydrogen) atoms. The fourth-order valence-electron chi connectivity index (χ4n) is 0.689. The molecule has 0 aromatic heterocycles. The molecule has 0 aliphatic heterocycles. The number of carbonyl (C=O) groups is 1. The molecule has 0 saturated carbocycles. The number of nitriles is 1. The second-order valence-corrected chi connectivity index (χ2v) is 3.95. The van der Waals surface area contributed by atoms with Crippen molar-refractivity contribution in [2.75, 3.05) is 0 Å². The number of hydrogen-bond acceptors (Lipinski definition) is 3. The van der Waals surface area contributed by atoms with Gasteiger partial charge in [0.15, 0.2) is 0 Å². The maximum absolute atomic E-state index is 11.1. The first-order chi connectivity index (χ1) is 5.85. The Hall–Kier alpha value is -1.24. The Morgan fingerprint density at radius 3 is 2.54 bits per heavy atom. The van der Waals surface area contributed by atoms with E-state index in [1.54, 1.807) is 6.92 Å². The monoisotopic (exact) mass is 184 g/mol. The molecule has 0 bridgehead atoms. The molecule has 1 amide bonds. The third-order valence-electron chi connectivity index (χ3n) is 1.16. The fourth-order valence-corrected chi connectivity index (χ4v) is 0.689. The first-order valence-electron chi connectivity index (χ1n) is 4.21. The largest absolute Gasteiger partial charge is 0.445 e. The Morgan fingerprint density at radius 2 is 2.15 bits per heavy atom. The molecule has 0 saturated heterocycles. The van der Waals surface area contributed by atoms with Crippen LogP contribution in [-0.4, -0.2) is 17.7 Å². The van der Waals surface area contributed by atoms with Crippen molar-refractivity contribution < 1.29 is 9.53 Å². The van der Waals surface area contributed by atoms with Crippen molar-refractivity contribution in [3.05, 3.63) is 0 Å². The quantitative estimate of drug-likeness (QED) is 0.712. The van der Waals surface area contributed by atoms with E-state index in [4.69, 9.17) is 10.00 Å². The lowest BCUT2D eigenvalue weighted by Gasteiger charge is -2.21. The van der Waals surface area contributed by atoms with E-state index in [9.17, 15) is 4.79 Å². The summed E-state index contributed by atoms with van der Waals surface area (Å²) in [5, 5.41) is 11.0. The summed E-state index contributed by atoms with van der Waals surface area (Å²) < 4.78 is 4.89. The molecule has 0 aliphatic carbocycles. The number of nitrogens with zero attached hydrogens (tertiary/aromatic N) is 1. The van der Waals surface area contributed by atoms with Crippen LogP contribution in [0.5, 0.6) is 0 Å². The van der Waals surface area contributed by atoms with Crippen LogP contribution in [0.1, 0.15) is 34.1 Å². The van der Waals surface area contributed by atoms with Crippen LogP contribution in [0, 0.1) is 11.3 Å². The lowest BCUT2D eigenvalue weighted by Crippen LogP contribution is -2.41. The molecule has 0 radical (unpaired) electrons. The summed E-state index contributed by atoms with van der Waals surface area (Å²) in [7, 11) is 0. The second kappa shape index (κ2) is 4.70. The van der Waals surface area contributed by atoms with Crippen LogP contribution in [0.25, 0.3) is 0 Å². The highest BCUT2D eigenvalue weighted by Gasteiger charge is 2.16. The van der Waals surface area contributed by atoms with Gasteiger partial charge in [0.05, 0.1) is 12.5 Å². The SMILES string of the molecule is C[C@@H](CC#N)OC(=O)NC(C)(C)C. The van der Waals surface area contributed by atoms with E-state index in [0.717, 1.165) is 0 Å². The van der Waals surface area contributed by atoms with E-state index in [1.165, 1.54) is 0 Å². The molecule has 4 nitrogen and oxygen atoms in total. The highest BCUT2D eigenvalue weighted by Crippen LogP contribution is 2.02. The van der Waals surface area contributed by atoms with Gasteiger partial charge in [-0.15, -0.1) is 0 Å². The molecule has 74 valence electrons. The molecular formula is C9H16N2O2. The van der Waals surface area contributed by atoms with Crippen LogP contribution in [-0.2, 0) is 4.74 Å². The van der Waals surface area contributed by atoms with Crippen LogP contribution in [0.2, 0.25) is 0 Å². The number of nitrogens with one attached hydrogen (secondary N) is 1. The summed E-state index contributed by atoms with van der Waals surface area (Å²) in [5.41, 5.74) is -0.302. The fraction of sp³-hybridized carbons (Fsp3) is 0.778. The molecular weight excluding hydrogens is 168 g/mol. The summed E-state index contributed by atoms with van der Waals surface area (Å²) in [4.78, 5) is 11.1. The third kappa shape index (κ3) is 7.13. The molecule has 0 spiro atoms. The van der Waals surface area contributed by atoms with E-state index in [1.807, 2.05) is 26.8 Å². The summed E-state index contributed by atoms with van der Waals surface area (Å²) in [6.07, 6.45) is -0.611. The Bertz CT molecular complexity index is 213. The topological polar surface area (TPSA) is 62.1 Å². The Kier molecular flexibility index (Phi) is 4.26. The van der Waals surface area contributed by atoms with E-state index in [2.05, 4.69) is 5.32 Å². The van der Waals surface area contributed by atoms with Gasteiger partial charge in [0.1, 0.15) is 6.10 Å². The summed E-state index contributed by atoms with van der Waals surface area (Å²) in [6, 6.07) is 1.93. The van der Waals surface area contributed by atoms with Gasteiger partial charge in [-0.2, -0.15) is 5.26 Å². The zero-order chi connectivity index (χ0) is 10.5. The lowest BCUT2D eigenvalue weighted by atomic mass is 10.1. The average molecular weight is 184 g/mol. The minimum absolute atomic E-state index is 0.220. The van der Waals surface area contributed by atoms with Gasteiger partial charge < -0.3 is 10.1 Å². The highest BCUT2D eigenvalue weighted by molar-refractivity contribution is 5.68. The summed E-state index contributed by atoms with van der Waals surface area (Å²) >= 11 is 0. The smallest absolute Gasteiger partial charge is 0.407 e. The van der Waals surface area contributed by atoms with Crippen molar-refractivity contribution >= 4 is 6.09 Å².